The van der Waals surface area contributed by atoms with Gasteiger partial charge in [0.1, 0.15) is 11.6 Å². The van der Waals surface area contributed by atoms with Gasteiger partial charge in [0.25, 0.3) is 0 Å². The fourth-order valence-electron chi connectivity index (χ4n) is 0. The smallest absolute Gasteiger partial charge is 0.126 e. The van der Waals surface area contributed by atoms with Crippen LogP contribution in [0.15, 0.2) is 0 Å². The summed E-state index contributed by atoms with van der Waals surface area (Å²) in [6.45, 7) is 13.9. The molecule has 0 radical (unpaired) electrons. The van der Waals surface area contributed by atoms with E-state index in [-0.39, 0.29) is 11.6 Å². The minimum atomic E-state index is 0.167. The van der Waals surface area contributed by atoms with E-state index in [1.165, 1.54) is 27.7 Å². The lowest BCUT2D eigenvalue weighted by Crippen LogP contribution is -2.07. The largest absolute Gasteiger partial charge is 0.328 e. The van der Waals surface area contributed by atoms with Gasteiger partial charge in [0.2, 0.25) is 0 Å². The van der Waals surface area contributed by atoms with Crippen molar-refractivity contribution in [3.05, 3.63) is 0 Å². The van der Waals surface area contributed by atoms with E-state index in [0.29, 0.717) is 12.1 Å². The molecule has 4 heteroatoms. The molecule has 4 N–H and O–H groups in total. The average molecular weight is 234 g/mol. The van der Waals surface area contributed by atoms with Gasteiger partial charge in [-0.15, -0.1) is 0 Å². The van der Waals surface area contributed by atoms with Gasteiger partial charge in [0.05, 0.1) is 0 Å². The second-order valence-corrected chi connectivity index (χ2v) is 4.30. The summed E-state index contributed by atoms with van der Waals surface area (Å²) in [4.78, 5) is 18.9. The van der Waals surface area contributed by atoms with Crippen LogP contribution in [0, 0.1) is 0 Å². The molecule has 0 aromatic rings. The first-order valence-electron chi connectivity index (χ1n) is 5.38. The van der Waals surface area contributed by atoms with Crippen molar-refractivity contribution in [3.8, 4) is 0 Å². The Hall–Kier alpha value is -0.740. The van der Waals surface area contributed by atoms with Crippen LogP contribution >= 0.6 is 0 Å². The molecule has 0 fully saturated rings. The first-order valence-corrected chi connectivity index (χ1v) is 5.38. The molecule has 0 spiro atoms. The molecule has 0 aliphatic carbocycles. The highest BCUT2D eigenvalue weighted by Crippen LogP contribution is 1.58. The molecule has 0 heterocycles. The second kappa shape index (κ2) is 19.8. The van der Waals surface area contributed by atoms with Gasteiger partial charge < -0.3 is 21.1 Å². The van der Waals surface area contributed by atoms with E-state index in [1.807, 2.05) is 27.7 Å². The lowest BCUT2D eigenvalue weighted by Gasteiger charge is -1.81. The number of Topliss-reactive ketones (excluding diaryl/α,β-unsaturated/α-hetero) is 2. The van der Waals surface area contributed by atoms with Gasteiger partial charge >= 0.3 is 0 Å². The highest BCUT2D eigenvalue weighted by molar-refractivity contribution is 5.72. The number of ketones is 2. The molecule has 0 amide bonds. The average Bonchev–Trinajstić information content (AvgIpc) is 1.76. The van der Waals surface area contributed by atoms with Gasteiger partial charge in [-0.05, 0) is 39.8 Å². The third-order valence-electron chi connectivity index (χ3n) is 0. The molecule has 16 heavy (non-hydrogen) atoms. The van der Waals surface area contributed by atoms with E-state index >= 15 is 0 Å². The summed E-state index contributed by atoms with van der Waals surface area (Å²) in [6.07, 6.45) is 0. The van der Waals surface area contributed by atoms with Crippen LogP contribution in [0.25, 0.3) is 0 Å². The Balaban J connectivity index is -0.0000000600. The molecule has 0 aliphatic heterocycles. The van der Waals surface area contributed by atoms with Crippen molar-refractivity contribution in [3.63, 3.8) is 0 Å². The molecule has 0 unspecified atom stereocenters. The molecule has 0 rings (SSSR count). The summed E-state index contributed by atoms with van der Waals surface area (Å²) in [5.41, 5.74) is 10.2. The van der Waals surface area contributed by atoms with Gasteiger partial charge in [-0.25, -0.2) is 0 Å². The van der Waals surface area contributed by atoms with Crippen molar-refractivity contribution in [2.24, 2.45) is 11.5 Å². The topological polar surface area (TPSA) is 86.2 Å². The summed E-state index contributed by atoms with van der Waals surface area (Å²) < 4.78 is 0. The fourth-order valence-corrected chi connectivity index (χ4v) is 0. The Morgan fingerprint density at radius 2 is 0.688 bits per heavy atom. The summed E-state index contributed by atoms with van der Waals surface area (Å²) >= 11 is 0. The quantitative estimate of drug-likeness (QED) is 0.670. The zero-order chi connectivity index (χ0) is 14.3. The maximum atomic E-state index is 9.44. The van der Waals surface area contributed by atoms with Gasteiger partial charge in [-0.2, -0.15) is 0 Å². The van der Waals surface area contributed by atoms with Gasteiger partial charge in [0, 0.05) is 0 Å². The molecular weight excluding hydrogens is 204 g/mol. The van der Waals surface area contributed by atoms with Crippen molar-refractivity contribution in [2.75, 3.05) is 0 Å². The van der Waals surface area contributed by atoms with E-state index in [9.17, 15) is 9.59 Å². The van der Waals surface area contributed by atoms with Crippen LogP contribution in [-0.4, -0.2) is 23.7 Å². The maximum Gasteiger partial charge on any atom is 0.126 e. The first-order chi connectivity index (χ1) is 6.93. The van der Waals surface area contributed by atoms with Crippen LogP contribution in [0.4, 0.5) is 0 Å². The van der Waals surface area contributed by atoms with E-state index in [2.05, 4.69) is 0 Å². The van der Waals surface area contributed by atoms with E-state index in [0.717, 1.165) is 0 Å². The number of rotatable bonds is 0. The van der Waals surface area contributed by atoms with Crippen molar-refractivity contribution in [2.45, 2.75) is 67.5 Å². The molecule has 0 saturated carbocycles. The fraction of sp³-hybridized carbons (Fsp3) is 0.833. The number of carbonyl (C=O) groups excluding carboxylic acids is 2. The summed E-state index contributed by atoms with van der Waals surface area (Å²) in [6, 6.07) is 0.667. The van der Waals surface area contributed by atoms with E-state index in [4.69, 9.17) is 11.5 Å². The molecular formula is C12H30N2O2. The number of hydrogen-bond acceptors (Lipinski definition) is 4. The molecule has 0 saturated heterocycles. The molecule has 0 aromatic carbocycles. The Kier molecular flexibility index (Phi) is 30.3. The van der Waals surface area contributed by atoms with Crippen LogP contribution in [0.5, 0.6) is 0 Å². The van der Waals surface area contributed by atoms with Crippen LogP contribution in [-0.2, 0) is 9.59 Å². The SMILES string of the molecule is CC(C)=O.CC(C)=O.CC(C)N.CC(C)N. The Morgan fingerprint density at radius 3 is 0.688 bits per heavy atom. The summed E-state index contributed by atoms with van der Waals surface area (Å²) in [5, 5.41) is 0. The lowest BCUT2D eigenvalue weighted by atomic mass is 10.4. The Labute approximate surface area is 101 Å². The van der Waals surface area contributed by atoms with Crippen LogP contribution < -0.4 is 11.5 Å². The van der Waals surface area contributed by atoms with Crippen molar-refractivity contribution >= 4 is 11.6 Å². The minimum absolute atomic E-state index is 0.167. The Bertz CT molecular complexity index is 124. The van der Waals surface area contributed by atoms with Crippen molar-refractivity contribution in [1.29, 1.82) is 0 Å². The highest BCUT2D eigenvalue weighted by Gasteiger charge is 1.67. The van der Waals surface area contributed by atoms with Crippen molar-refractivity contribution < 1.29 is 9.59 Å². The third-order valence-corrected chi connectivity index (χ3v) is 0. The highest BCUT2D eigenvalue weighted by atomic mass is 16.1. The normalized spacial score (nSPS) is 7.75. The van der Waals surface area contributed by atoms with Gasteiger partial charge in [-0.3, -0.25) is 0 Å². The second-order valence-electron chi connectivity index (χ2n) is 4.30. The zero-order valence-corrected chi connectivity index (χ0v) is 12.1. The molecule has 0 bridgehead atoms. The molecule has 100 valence electrons. The molecule has 0 aromatic heterocycles. The summed E-state index contributed by atoms with van der Waals surface area (Å²) in [7, 11) is 0. The minimum Gasteiger partial charge on any atom is -0.328 e. The van der Waals surface area contributed by atoms with Gasteiger partial charge in [-0.1, -0.05) is 27.7 Å². The van der Waals surface area contributed by atoms with E-state index < -0.39 is 0 Å². The maximum absolute atomic E-state index is 9.44. The van der Waals surface area contributed by atoms with Gasteiger partial charge in [0.15, 0.2) is 0 Å². The van der Waals surface area contributed by atoms with Crippen LogP contribution in [0.2, 0.25) is 0 Å². The zero-order valence-electron chi connectivity index (χ0n) is 12.1. The predicted molar refractivity (Wildman–Crippen MR) is 71.4 cm³/mol. The van der Waals surface area contributed by atoms with E-state index in [1.54, 1.807) is 0 Å². The molecule has 4 nitrogen and oxygen atoms in total. The lowest BCUT2D eigenvalue weighted by molar-refractivity contribution is -0.115. The standard InChI is InChI=1S/2C3H9N.2C3H6O/c4*1-3(2)4/h2*3H,4H2,1-2H3;2*1-2H3. The summed E-state index contributed by atoms with van der Waals surface area (Å²) in [5.74, 6) is 0.333. The number of nitrogens with two attached hydrogens (primary N) is 2. The first kappa shape index (κ1) is 24.5. The molecule has 0 aliphatic rings. The van der Waals surface area contributed by atoms with Crippen LogP contribution in [0.1, 0.15) is 55.4 Å². The number of carbonyl (C=O) groups is 2. The third kappa shape index (κ3) is 3640. The molecule has 0 atom stereocenters. The van der Waals surface area contributed by atoms with Crippen LogP contribution in [0.3, 0.4) is 0 Å². The predicted octanol–water partition coefficient (Wildman–Crippen LogP) is 1.90. The number of hydrogen-bond donors (Lipinski definition) is 2. The monoisotopic (exact) mass is 234 g/mol. The van der Waals surface area contributed by atoms with Crippen molar-refractivity contribution in [1.82, 2.24) is 0 Å². The Morgan fingerprint density at radius 1 is 0.688 bits per heavy atom.